The summed E-state index contributed by atoms with van der Waals surface area (Å²) < 4.78 is 2.27. The van der Waals surface area contributed by atoms with Crippen LogP contribution in [0.5, 0.6) is 0 Å². The predicted molar refractivity (Wildman–Crippen MR) is 54.9 cm³/mol. The summed E-state index contributed by atoms with van der Waals surface area (Å²) in [6.45, 7) is 3.16. The van der Waals surface area contributed by atoms with Crippen LogP contribution >= 0.6 is 0 Å². The SMILES string of the molecule is CC(N)CCCc1nnc2n1CCC2. The van der Waals surface area contributed by atoms with Gasteiger partial charge in [0.1, 0.15) is 11.6 Å². The minimum Gasteiger partial charge on any atom is -0.328 e. The second-order valence-corrected chi connectivity index (χ2v) is 4.16. The van der Waals surface area contributed by atoms with Crippen LogP contribution in [-0.2, 0) is 19.4 Å². The molecule has 0 saturated carbocycles. The summed E-state index contributed by atoms with van der Waals surface area (Å²) in [6, 6.07) is 0.302. The molecule has 0 bridgehead atoms. The molecule has 1 aromatic heterocycles. The molecule has 4 nitrogen and oxygen atoms in total. The topological polar surface area (TPSA) is 56.7 Å². The molecule has 1 aliphatic rings. The molecular formula is C10H18N4. The third-order valence-corrected chi connectivity index (χ3v) is 2.75. The first-order valence-corrected chi connectivity index (χ1v) is 5.44. The summed E-state index contributed by atoms with van der Waals surface area (Å²) in [4.78, 5) is 0. The molecule has 2 heterocycles. The van der Waals surface area contributed by atoms with Gasteiger partial charge in [0.05, 0.1) is 0 Å². The highest BCUT2D eigenvalue weighted by Gasteiger charge is 2.16. The molecule has 1 aromatic rings. The van der Waals surface area contributed by atoms with Crippen LogP contribution in [0.2, 0.25) is 0 Å². The molecular weight excluding hydrogens is 176 g/mol. The van der Waals surface area contributed by atoms with E-state index in [0.717, 1.165) is 38.1 Å². The van der Waals surface area contributed by atoms with E-state index in [9.17, 15) is 0 Å². The van der Waals surface area contributed by atoms with Gasteiger partial charge in [0.2, 0.25) is 0 Å². The standard InChI is InChI=1S/C10H18N4/c1-8(11)4-2-5-9-12-13-10-6-3-7-14(9)10/h8H,2-7,11H2,1H3. The molecule has 1 unspecified atom stereocenters. The van der Waals surface area contributed by atoms with E-state index in [4.69, 9.17) is 5.73 Å². The Morgan fingerprint density at radius 2 is 2.36 bits per heavy atom. The van der Waals surface area contributed by atoms with Crippen LogP contribution in [0.4, 0.5) is 0 Å². The highest BCUT2D eigenvalue weighted by Crippen LogP contribution is 2.15. The van der Waals surface area contributed by atoms with Crippen LogP contribution in [0.3, 0.4) is 0 Å². The number of hydrogen-bond acceptors (Lipinski definition) is 3. The predicted octanol–water partition coefficient (Wildman–Crippen LogP) is 0.894. The quantitative estimate of drug-likeness (QED) is 0.774. The molecule has 0 aromatic carbocycles. The number of hydrogen-bond donors (Lipinski definition) is 1. The van der Waals surface area contributed by atoms with Crippen molar-refractivity contribution < 1.29 is 0 Å². The zero-order valence-electron chi connectivity index (χ0n) is 8.74. The number of nitrogens with two attached hydrogens (primary N) is 1. The van der Waals surface area contributed by atoms with Gasteiger partial charge in [-0.1, -0.05) is 0 Å². The molecule has 4 heteroatoms. The minimum atomic E-state index is 0.302. The normalized spacial score (nSPS) is 17.0. The van der Waals surface area contributed by atoms with Gasteiger partial charge in [-0.05, 0) is 26.2 Å². The Kier molecular flexibility index (Phi) is 2.82. The maximum atomic E-state index is 5.70. The van der Waals surface area contributed by atoms with Gasteiger partial charge in [-0.3, -0.25) is 0 Å². The first kappa shape index (κ1) is 9.65. The summed E-state index contributed by atoms with van der Waals surface area (Å²) >= 11 is 0. The van der Waals surface area contributed by atoms with Crippen molar-refractivity contribution in [2.75, 3.05) is 0 Å². The third kappa shape index (κ3) is 1.95. The largest absolute Gasteiger partial charge is 0.328 e. The number of rotatable bonds is 4. The lowest BCUT2D eigenvalue weighted by atomic mass is 10.1. The van der Waals surface area contributed by atoms with Gasteiger partial charge in [-0.25, -0.2) is 0 Å². The van der Waals surface area contributed by atoms with Crippen molar-refractivity contribution in [1.29, 1.82) is 0 Å². The maximum Gasteiger partial charge on any atom is 0.133 e. The Labute approximate surface area is 84.5 Å². The summed E-state index contributed by atoms with van der Waals surface area (Å²) in [6.07, 6.45) is 5.54. The average molecular weight is 194 g/mol. The molecule has 14 heavy (non-hydrogen) atoms. The smallest absolute Gasteiger partial charge is 0.133 e. The fourth-order valence-corrected chi connectivity index (χ4v) is 1.98. The van der Waals surface area contributed by atoms with E-state index in [1.54, 1.807) is 0 Å². The van der Waals surface area contributed by atoms with Gasteiger partial charge in [-0.15, -0.1) is 10.2 Å². The molecule has 0 spiro atoms. The van der Waals surface area contributed by atoms with Gasteiger partial charge in [0, 0.05) is 25.4 Å². The molecule has 2 rings (SSSR count). The fraction of sp³-hybridized carbons (Fsp3) is 0.800. The van der Waals surface area contributed by atoms with Crippen LogP contribution in [0, 0.1) is 0 Å². The Morgan fingerprint density at radius 3 is 3.14 bits per heavy atom. The van der Waals surface area contributed by atoms with Crippen molar-refractivity contribution in [3.05, 3.63) is 11.6 Å². The van der Waals surface area contributed by atoms with Gasteiger partial charge in [0.15, 0.2) is 0 Å². The molecule has 1 aliphatic heterocycles. The van der Waals surface area contributed by atoms with E-state index < -0.39 is 0 Å². The Morgan fingerprint density at radius 1 is 1.50 bits per heavy atom. The zero-order valence-corrected chi connectivity index (χ0v) is 8.74. The van der Waals surface area contributed by atoms with E-state index in [-0.39, 0.29) is 0 Å². The van der Waals surface area contributed by atoms with Crippen LogP contribution in [-0.4, -0.2) is 20.8 Å². The van der Waals surface area contributed by atoms with Crippen LogP contribution in [0.15, 0.2) is 0 Å². The second-order valence-electron chi connectivity index (χ2n) is 4.16. The summed E-state index contributed by atoms with van der Waals surface area (Å²) in [7, 11) is 0. The van der Waals surface area contributed by atoms with E-state index in [1.807, 2.05) is 6.92 Å². The number of aryl methyl sites for hydroxylation is 2. The molecule has 0 amide bonds. The van der Waals surface area contributed by atoms with E-state index in [0.29, 0.717) is 6.04 Å². The second kappa shape index (κ2) is 4.09. The van der Waals surface area contributed by atoms with Gasteiger partial charge < -0.3 is 10.3 Å². The lowest BCUT2D eigenvalue weighted by Crippen LogP contribution is -2.15. The van der Waals surface area contributed by atoms with Gasteiger partial charge in [-0.2, -0.15) is 0 Å². The lowest BCUT2D eigenvalue weighted by Gasteiger charge is -2.04. The van der Waals surface area contributed by atoms with Crippen LogP contribution in [0.1, 0.15) is 37.8 Å². The minimum absolute atomic E-state index is 0.302. The Hall–Kier alpha value is -0.900. The number of aromatic nitrogens is 3. The molecule has 0 saturated heterocycles. The van der Waals surface area contributed by atoms with Gasteiger partial charge >= 0.3 is 0 Å². The summed E-state index contributed by atoms with van der Waals surface area (Å²) in [5.74, 6) is 2.32. The van der Waals surface area contributed by atoms with Crippen LogP contribution < -0.4 is 5.73 Å². The highest BCUT2D eigenvalue weighted by atomic mass is 15.3. The highest BCUT2D eigenvalue weighted by molar-refractivity contribution is 5.00. The van der Waals surface area contributed by atoms with Crippen LogP contribution in [0.25, 0.3) is 0 Å². The zero-order chi connectivity index (χ0) is 9.97. The average Bonchev–Trinajstić information content (AvgIpc) is 2.67. The number of nitrogens with zero attached hydrogens (tertiary/aromatic N) is 3. The molecule has 1 atom stereocenters. The van der Waals surface area contributed by atoms with E-state index in [1.165, 1.54) is 12.2 Å². The maximum absolute atomic E-state index is 5.70. The molecule has 2 N–H and O–H groups in total. The Balaban J connectivity index is 1.90. The van der Waals surface area contributed by atoms with E-state index in [2.05, 4.69) is 14.8 Å². The first-order valence-electron chi connectivity index (χ1n) is 5.44. The fourth-order valence-electron chi connectivity index (χ4n) is 1.98. The van der Waals surface area contributed by atoms with Crippen molar-refractivity contribution in [1.82, 2.24) is 14.8 Å². The molecule has 0 fully saturated rings. The van der Waals surface area contributed by atoms with Crippen molar-refractivity contribution >= 4 is 0 Å². The lowest BCUT2D eigenvalue weighted by molar-refractivity contribution is 0.593. The van der Waals surface area contributed by atoms with Crippen molar-refractivity contribution in [2.24, 2.45) is 5.73 Å². The molecule has 78 valence electrons. The monoisotopic (exact) mass is 194 g/mol. The van der Waals surface area contributed by atoms with Gasteiger partial charge in [0.25, 0.3) is 0 Å². The number of fused-ring (bicyclic) bond motifs is 1. The molecule has 0 radical (unpaired) electrons. The summed E-state index contributed by atoms with van der Waals surface area (Å²) in [5, 5.41) is 8.38. The van der Waals surface area contributed by atoms with Crippen molar-refractivity contribution in [3.63, 3.8) is 0 Å². The Bertz CT molecular complexity index is 303. The summed E-state index contributed by atoms with van der Waals surface area (Å²) in [5.41, 5.74) is 5.70. The first-order chi connectivity index (χ1) is 6.77. The third-order valence-electron chi connectivity index (χ3n) is 2.75. The van der Waals surface area contributed by atoms with Crippen molar-refractivity contribution in [2.45, 2.75) is 51.6 Å². The van der Waals surface area contributed by atoms with E-state index >= 15 is 0 Å². The molecule has 0 aliphatic carbocycles. The van der Waals surface area contributed by atoms with Crippen molar-refractivity contribution in [3.8, 4) is 0 Å².